The van der Waals surface area contributed by atoms with Gasteiger partial charge in [0.1, 0.15) is 29.9 Å². The minimum absolute atomic E-state index is 0.000171. The highest BCUT2D eigenvalue weighted by molar-refractivity contribution is 6.01. The lowest BCUT2D eigenvalue weighted by atomic mass is 10.0. The van der Waals surface area contributed by atoms with Gasteiger partial charge in [-0.15, -0.1) is 0 Å². The quantitative estimate of drug-likeness (QED) is 0.156. The second kappa shape index (κ2) is 12.0. The van der Waals surface area contributed by atoms with Gasteiger partial charge >= 0.3 is 5.97 Å². The molecule has 9 heteroatoms. The Labute approximate surface area is 274 Å². The number of H-pyrrole nitrogens is 1. The highest BCUT2D eigenvalue weighted by Crippen LogP contribution is 2.32. The topological polar surface area (TPSA) is 122 Å². The summed E-state index contributed by atoms with van der Waals surface area (Å²) in [5, 5.41) is 15.6. The first-order chi connectivity index (χ1) is 23.5. The van der Waals surface area contributed by atoms with Crippen LogP contribution in [0.1, 0.15) is 21.5 Å². The van der Waals surface area contributed by atoms with Gasteiger partial charge in [-0.25, -0.2) is 14.8 Å². The van der Waals surface area contributed by atoms with Crippen LogP contribution in [0.4, 0.5) is 0 Å². The van der Waals surface area contributed by atoms with Gasteiger partial charge in [0.25, 0.3) is 5.91 Å². The zero-order chi connectivity index (χ0) is 32.6. The van der Waals surface area contributed by atoms with E-state index in [2.05, 4.69) is 10.3 Å². The SMILES string of the molecule is O=C(N[C@@H](Cc1c[nH]c2ccccc12)C(=O)OCc1ccccc1)c1cc(-c2nc3ccccc3c3nc4ccccc4n23)ccc1O. The molecular formula is C39H29N5O4. The summed E-state index contributed by atoms with van der Waals surface area (Å²) in [5.41, 5.74) is 6.33. The summed E-state index contributed by atoms with van der Waals surface area (Å²) in [7, 11) is 0. The lowest BCUT2D eigenvalue weighted by Crippen LogP contribution is -2.43. The molecule has 0 saturated heterocycles. The number of nitrogens with zero attached hydrogens (tertiary/aromatic N) is 3. The fourth-order valence-electron chi connectivity index (χ4n) is 6.18. The number of phenolic OH excluding ortho intramolecular Hbond substituents is 1. The Morgan fingerprint density at radius 1 is 0.812 bits per heavy atom. The highest BCUT2D eigenvalue weighted by atomic mass is 16.5. The van der Waals surface area contributed by atoms with Crippen molar-refractivity contribution in [1.82, 2.24) is 24.7 Å². The van der Waals surface area contributed by atoms with Crippen LogP contribution in [0.5, 0.6) is 5.75 Å². The first-order valence-electron chi connectivity index (χ1n) is 15.6. The summed E-state index contributed by atoms with van der Waals surface area (Å²) >= 11 is 0. The number of para-hydroxylation sites is 4. The smallest absolute Gasteiger partial charge is 0.329 e. The summed E-state index contributed by atoms with van der Waals surface area (Å²) in [4.78, 5) is 40.6. The van der Waals surface area contributed by atoms with Gasteiger partial charge in [-0.1, -0.05) is 72.8 Å². The number of aromatic amines is 1. The maximum atomic E-state index is 13.9. The molecule has 3 N–H and O–H groups in total. The van der Waals surface area contributed by atoms with E-state index in [4.69, 9.17) is 14.7 Å². The molecule has 234 valence electrons. The summed E-state index contributed by atoms with van der Waals surface area (Å²) in [6.07, 6.45) is 2.01. The monoisotopic (exact) mass is 631 g/mol. The van der Waals surface area contributed by atoms with Crippen LogP contribution in [0.3, 0.4) is 0 Å². The standard InChI is InChI=1S/C39H29N5O4/c45-35-19-18-25(36-41-31-15-7-5-13-28(31)37-42-32-16-8-9-17-34(32)44(36)37)20-29(35)38(46)43-33(39(47)48-23-24-10-2-1-3-11-24)21-26-22-40-30-14-6-4-12-27(26)30/h1-20,22,33,40,45H,21,23H2,(H,43,46)/t33-/m0/s1. The third-order valence-corrected chi connectivity index (χ3v) is 8.56. The van der Waals surface area contributed by atoms with Gasteiger partial charge in [0, 0.05) is 34.5 Å². The average Bonchev–Trinajstić information content (AvgIpc) is 3.72. The van der Waals surface area contributed by atoms with E-state index in [-0.39, 0.29) is 24.3 Å². The molecule has 0 unspecified atom stereocenters. The molecule has 9 nitrogen and oxygen atoms in total. The Hall–Kier alpha value is -6.48. The Bertz CT molecular complexity index is 2480. The van der Waals surface area contributed by atoms with Crippen molar-refractivity contribution >= 4 is 50.4 Å². The van der Waals surface area contributed by atoms with Crippen molar-refractivity contribution in [3.63, 3.8) is 0 Å². The number of nitrogens with one attached hydrogen (secondary N) is 2. The molecule has 0 radical (unpaired) electrons. The van der Waals surface area contributed by atoms with E-state index >= 15 is 0 Å². The van der Waals surface area contributed by atoms with Crippen molar-refractivity contribution in [2.24, 2.45) is 0 Å². The van der Waals surface area contributed by atoms with Gasteiger partial charge in [0.15, 0.2) is 0 Å². The van der Waals surface area contributed by atoms with Gasteiger partial charge in [-0.05, 0) is 59.7 Å². The summed E-state index contributed by atoms with van der Waals surface area (Å²) in [6.45, 7) is 0.0587. The maximum absolute atomic E-state index is 13.9. The van der Waals surface area contributed by atoms with Crippen molar-refractivity contribution in [3.05, 3.63) is 144 Å². The lowest BCUT2D eigenvalue weighted by Gasteiger charge is -2.18. The van der Waals surface area contributed by atoms with Crippen LogP contribution in [0.15, 0.2) is 128 Å². The van der Waals surface area contributed by atoms with Crippen LogP contribution in [-0.2, 0) is 22.6 Å². The van der Waals surface area contributed by atoms with Crippen LogP contribution < -0.4 is 5.32 Å². The van der Waals surface area contributed by atoms with Crippen LogP contribution in [0.25, 0.3) is 49.9 Å². The van der Waals surface area contributed by atoms with Crippen LogP contribution >= 0.6 is 0 Å². The molecule has 0 aliphatic heterocycles. The second-order valence-corrected chi connectivity index (χ2v) is 11.6. The number of imidazole rings is 1. The van der Waals surface area contributed by atoms with Gasteiger partial charge in [0.2, 0.25) is 0 Å². The highest BCUT2D eigenvalue weighted by Gasteiger charge is 2.27. The molecule has 1 amide bonds. The number of aromatic hydroxyl groups is 1. The molecule has 8 rings (SSSR count). The number of benzene rings is 5. The Morgan fingerprint density at radius 2 is 1.54 bits per heavy atom. The Balaban J connectivity index is 1.16. The lowest BCUT2D eigenvalue weighted by molar-refractivity contribution is -0.147. The van der Waals surface area contributed by atoms with Crippen molar-refractivity contribution in [3.8, 4) is 17.1 Å². The van der Waals surface area contributed by atoms with Crippen molar-refractivity contribution in [1.29, 1.82) is 0 Å². The van der Waals surface area contributed by atoms with Crippen LogP contribution in [0.2, 0.25) is 0 Å². The molecule has 1 atom stereocenters. The molecule has 0 aliphatic rings. The van der Waals surface area contributed by atoms with Gasteiger partial charge in [0.05, 0.1) is 22.1 Å². The molecule has 0 saturated carbocycles. The third-order valence-electron chi connectivity index (χ3n) is 8.56. The molecule has 3 heterocycles. The van der Waals surface area contributed by atoms with Crippen molar-refractivity contribution < 1.29 is 19.4 Å². The Kier molecular flexibility index (Phi) is 7.26. The van der Waals surface area contributed by atoms with E-state index in [0.29, 0.717) is 11.4 Å². The molecule has 48 heavy (non-hydrogen) atoms. The predicted molar refractivity (Wildman–Crippen MR) is 185 cm³/mol. The van der Waals surface area contributed by atoms with Crippen LogP contribution in [0, 0.1) is 0 Å². The molecule has 0 bridgehead atoms. The number of aromatic nitrogens is 4. The molecule has 5 aromatic carbocycles. The number of esters is 1. The minimum atomic E-state index is -1.04. The average molecular weight is 632 g/mol. The molecule has 8 aromatic rings. The van der Waals surface area contributed by atoms with E-state index in [1.54, 1.807) is 12.1 Å². The molecule has 0 fully saturated rings. The summed E-state index contributed by atoms with van der Waals surface area (Å²) in [5.74, 6) is -0.879. The molecule has 0 aliphatic carbocycles. The zero-order valence-corrected chi connectivity index (χ0v) is 25.6. The molecular weight excluding hydrogens is 602 g/mol. The van der Waals surface area contributed by atoms with E-state index in [9.17, 15) is 14.7 Å². The second-order valence-electron chi connectivity index (χ2n) is 11.6. The first kappa shape index (κ1) is 29.0. The van der Waals surface area contributed by atoms with E-state index < -0.39 is 17.9 Å². The normalized spacial score (nSPS) is 12.1. The molecule has 3 aromatic heterocycles. The number of fused-ring (bicyclic) bond motifs is 6. The van der Waals surface area contributed by atoms with Crippen molar-refractivity contribution in [2.45, 2.75) is 19.1 Å². The number of carbonyl (C=O) groups is 2. The largest absolute Gasteiger partial charge is 0.507 e. The number of rotatable bonds is 8. The fourth-order valence-corrected chi connectivity index (χ4v) is 6.18. The number of hydrogen-bond acceptors (Lipinski definition) is 6. The van der Waals surface area contributed by atoms with Gasteiger partial charge < -0.3 is 20.1 Å². The third kappa shape index (κ3) is 5.27. The summed E-state index contributed by atoms with van der Waals surface area (Å²) < 4.78 is 7.65. The van der Waals surface area contributed by atoms with Crippen molar-refractivity contribution in [2.75, 3.05) is 0 Å². The van der Waals surface area contributed by atoms with E-state index in [1.165, 1.54) is 6.07 Å². The number of hydrogen-bond donors (Lipinski definition) is 3. The maximum Gasteiger partial charge on any atom is 0.329 e. The predicted octanol–water partition coefficient (Wildman–Crippen LogP) is 6.97. The van der Waals surface area contributed by atoms with Crippen LogP contribution in [-0.4, -0.2) is 42.4 Å². The zero-order valence-electron chi connectivity index (χ0n) is 25.6. The van der Waals surface area contributed by atoms with Gasteiger partial charge in [-0.3, -0.25) is 9.20 Å². The van der Waals surface area contributed by atoms with E-state index in [0.717, 1.165) is 49.6 Å². The summed E-state index contributed by atoms with van der Waals surface area (Å²) in [6, 6.07) is 36.4. The number of carbonyl (C=O) groups excluding carboxylic acids is 2. The minimum Gasteiger partial charge on any atom is -0.507 e. The van der Waals surface area contributed by atoms with Gasteiger partial charge in [-0.2, -0.15) is 0 Å². The molecule has 0 spiro atoms. The Morgan fingerprint density at radius 3 is 2.40 bits per heavy atom. The number of phenols is 1. The number of amides is 1. The van der Waals surface area contributed by atoms with E-state index in [1.807, 2.05) is 114 Å². The number of ether oxygens (including phenoxy) is 1. The first-order valence-corrected chi connectivity index (χ1v) is 15.6. The fraction of sp³-hybridized carbons (Fsp3) is 0.0769.